The lowest BCUT2D eigenvalue weighted by molar-refractivity contribution is -0.114. The van der Waals surface area contributed by atoms with E-state index in [4.69, 9.17) is 0 Å². The molecule has 5 rings (SSSR count). The molecule has 0 atom stereocenters. The Labute approximate surface area is 201 Å². The van der Waals surface area contributed by atoms with Crippen LogP contribution in [-0.4, -0.2) is 36.2 Å². The lowest BCUT2D eigenvalue weighted by Crippen LogP contribution is -2.13. The fraction of sp³-hybridized carbons (Fsp3) is 0.115. The van der Waals surface area contributed by atoms with Crippen molar-refractivity contribution < 1.29 is 9.59 Å². The molecule has 0 saturated carbocycles. The molecule has 0 saturated heterocycles. The Balaban J connectivity index is 1.35. The van der Waals surface area contributed by atoms with E-state index in [0.717, 1.165) is 16.7 Å². The second-order valence-electron chi connectivity index (χ2n) is 8.22. The van der Waals surface area contributed by atoms with E-state index >= 15 is 0 Å². The Morgan fingerprint density at radius 3 is 2.60 bits per heavy atom. The number of imidazole rings is 1. The number of anilines is 2. The number of hydrogen-bond acceptors (Lipinski definition) is 5. The fourth-order valence-electron chi connectivity index (χ4n) is 3.79. The molecule has 0 aliphatic carbocycles. The van der Waals surface area contributed by atoms with Crippen LogP contribution in [0, 0.1) is 6.92 Å². The minimum absolute atomic E-state index is 0.201. The number of nitrogens with zero attached hydrogens (tertiary/aromatic N) is 5. The first-order chi connectivity index (χ1) is 16.9. The van der Waals surface area contributed by atoms with Gasteiger partial charge in [0, 0.05) is 24.2 Å². The minimum Gasteiger partial charge on any atom is -0.319 e. The van der Waals surface area contributed by atoms with Crippen molar-refractivity contribution in [1.82, 2.24) is 24.4 Å². The first-order valence-electron chi connectivity index (χ1n) is 11.1. The van der Waals surface area contributed by atoms with Crippen LogP contribution in [-0.2, 0) is 11.3 Å². The van der Waals surface area contributed by atoms with Gasteiger partial charge in [-0.25, -0.2) is 9.50 Å². The number of aromatic nitrogens is 5. The molecule has 0 aliphatic rings. The highest BCUT2D eigenvalue weighted by Crippen LogP contribution is 2.23. The summed E-state index contributed by atoms with van der Waals surface area (Å²) < 4.78 is 3.38. The molecule has 0 radical (unpaired) electrons. The SMILES string of the molecule is CC(=O)Nc1cn2nc(-c3ccc(C)c(C(=O)Nc4cnn(Cc5ccccc5)c4)c3)ccc2n1. The first-order valence-corrected chi connectivity index (χ1v) is 11.1. The van der Waals surface area contributed by atoms with Gasteiger partial charge in [-0.1, -0.05) is 42.5 Å². The molecule has 2 aromatic carbocycles. The zero-order valence-electron chi connectivity index (χ0n) is 19.3. The smallest absolute Gasteiger partial charge is 0.256 e. The molecule has 0 fully saturated rings. The van der Waals surface area contributed by atoms with Crippen molar-refractivity contribution in [2.24, 2.45) is 0 Å². The Kier molecular flexibility index (Phi) is 5.80. The van der Waals surface area contributed by atoms with Crippen molar-refractivity contribution in [2.45, 2.75) is 20.4 Å². The normalized spacial score (nSPS) is 10.9. The third-order valence-electron chi connectivity index (χ3n) is 5.48. The lowest BCUT2D eigenvalue weighted by atomic mass is 10.0. The Hall–Kier alpha value is -4.79. The van der Waals surface area contributed by atoms with Gasteiger partial charge in [0.15, 0.2) is 11.5 Å². The first kappa shape index (κ1) is 22.0. The van der Waals surface area contributed by atoms with Gasteiger partial charge in [-0.2, -0.15) is 10.2 Å². The van der Waals surface area contributed by atoms with Crippen LogP contribution in [0.15, 0.2) is 79.3 Å². The molecule has 3 aromatic heterocycles. The van der Waals surface area contributed by atoms with E-state index in [2.05, 4.69) is 25.8 Å². The molecule has 174 valence electrons. The van der Waals surface area contributed by atoms with E-state index in [9.17, 15) is 9.59 Å². The standard InChI is InChI=1S/C26H23N7O2/c1-17-8-9-20(23-10-11-25-30-24(28-18(2)34)16-33(25)31-23)12-22(17)26(35)29-21-13-27-32(15-21)14-19-6-4-3-5-7-19/h3-13,15-16H,14H2,1-2H3,(H,28,34)(H,29,35). The van der Waals surface area contributed by atoms with Gasteiger partial charge >= 0.3 is 0 Å². The lowest BCUT2D eigenvalue weighted by Gasteiger charge is -2.09. The van der Waals surface area contributed by atoms with Crippen molar-refractivity contribution >= 4 is 29.0 Å². The molecule has 5 aromatic rings. The zero-order chi connectivity index (χ0) is 24.4. The number of fused-ring (bicyclic) bond motifs is 1. The van der Waals surface area contributed by atoms with E-state index in [0.29, 0.717) is 35.0 Å². The summed E-state index contributed by atoms with van der Waals surface area (Å²) in [5.41, 5.74) is 5.22. The molecular formula is C26H23N7O2. The van der Waals surface area contributed by atoms with Gasteiger partial charge in [0.1, 0.15) is 0 Å². The number of amides is 2. The second kappa shape index (κ2) is 9.22. The predicted octanol–water partition coefficient (Wildman–Crippen LogP) is 4.16. The zero-order valence-corrected chi connectivity index (χ0v) is 19.3. The summed E-state index contributed by atoms with van der Waals surface area (Å²) in [6.07, 6.45) is 5.10. The molecule has 2 N–H and O–H groups in total. The van der Waals surface area contributed by atoms with Gasteiger partial charge in [-0.3, -0.25) is 14.3 Å². The van der Waals surface area contributed by atoms with Crippen molar-refractivity contribution in [1.29, 1.82) is 0 Å². The summed E-state index contributed by atoms with van der Waals surface area (Å²) >= 11 is 0. The van der Waals surface area contributed by atoms with Crippen LogP contribution >= 0.6 is 0 Å². The van der Waals surface area contributed by atoms with Gasteiger partial charge in [-0.05, 0) is 36.2 Å². The van der Waals surface area contributed by atoms with Crippen LogP contribution in [0.25, 0.3) is 16.9 Å². The molecule has 3 heterocycles. The van der Waals surface area contributed by atoms with Crippen molar-refractivity contribution in [3.05, 3.63) is 95.9 Å². The van der Waals surface area contributed by atoms with Crippen LogP contribution in [0.2, 0.25) is 0 Å². The van der Waals surface area contributed by atoms with Gasteiger partial charge in [0.05, 0.1) is 30.3 Å². The van der Waals surface area contributed by atoms with Crippen LogP contribution in [0.5, 0.6) is 0 Å². The van der Waals surface area contributed by atoms with Gasteiger partial charge in [0.2, 0.25) is 5.91 Å². The largest absolute Gasteiger partial charge is 0.319 e. The van der Waals surface area contributed by atoms with Gasteiger partial charge in [0.25, 0.3) is 5.91 Å². The summed E-state index contributed by atoms with van der Waals surface area (Å²) in [7, 11) is 0. The number of carbonyl (C=O) groups excluding carboxylic acids is 2. The van der Waals surface area contributed by atoms with Crippen molar-refractivity contribution in [3.63, 3.8) is 0 Å². The average Bonchev–Trinajstić information content (AvgIpc) is 3.44. The third kappa shape index (κ3) is 4.93. The van der Waals surface area contributed by atoms with Crippen molar-refractivity contribution in [2.75, 3.05) is 10.6 Å². The fourth-order valence-corrected chi connectivity index (χ4v) is 3.79. The molecule has 9 nitrogen and oxygen atoms in total. The van der Waals surface area contributed by atoms with Crippen molar-refractivity contribution in [3.8, 4) is 11.3 Å². The van der Waals surface area contributed by atoms with E-state index < -0.39 is 0 Å². The average molecular weight is 466 g/mol. The van der Waals surface area contributed by atoms with E-state index in [1.165, 1.54) is 6.92 Å². The number of nitrogens with one attached hydrogen (secondary N) is 2. The molecule has 0 aliphatic heterocycles. The maximum atomic E-state index is 13.1. The molecule has 0 spiro atoms. The summed E-state index contributed by atoms with van der Waals surface area (Å²) in [6, 6.07) is 19.3. The maximum Gasteiger partial charge on any atom is 0.256 e. The molecular weight excluding hydrogens is 442 g/mol. The van der Waals surface area contributed by atoms with Gasteiger partial charge < -0.3 is 10.6 Å². The summed E-state index contributed by atoms with van der Waals surface area (Å²) in [5, 5.41) is 14.5. The summed E-state index contributed by atoms with van der Waals surface area (Å²) in [4.78, 5) is 28.7. The van der Waals surface area contributed by atoms with Gasteiger partial charge in [-0.15, -0.1) is 0 Å². The highest BCUT2D eigenvalue weighted by atomic mass is 16.2. The van der Waals surface area contributed by atoms with E-state index in [1.54, 1.807) is 21.6 Å². The third-order valence-corrected chi connectivity index (χ3v) is 5.48. The van der Waals surface area contributed by atoms with Crippen LogP contribution in [0.1, 0.15) is 28.4 Å². The molecule has 0 unspecified atom stereocenters. The van der Waals surface area contributed by atoms with Crippen LogP contribution < -0.4 is 10.6 Å². The summed E-state index contributed by atoms with van der Waals surface area (Å²) in [6.45, 7) is 3.94. The summed E-state index contributed by atoms with van der Waals surface area (Å²) in [5.74, 6) is 0.00706. The minimum atomic E-state index is -0.222. The van der Waals surface area contributed by atoms with E-state index in [1.807, 2.05) is 73.8 Å². The number of aryl methyl sites for hydroxylation is 1. The topological polar surface area (TPSA) is 106 Å². The molecule has 35 heavy (non-hydrogen) atoms. The maximum absolute atomic E-state index is 13.1. The number of rotatable bonds is 6. The molecule has 0 bridgehead atoms. The predicted molar refractivity (Wildman–Crippen MR) is 133 cm³/mol. The Morgan fingerprint density at radius 2 is 1.80 bits per heavy atom. The van der Waals surface area contributed by atoms with E-state index in [-0.39, 0.29) is 11.8 Å². The molecule has 2 amide bonds. The highest BCUT2D eigenvalue weighted by molar-refractivity contribution is 6.05. The molecule has 9 heteroatoms. The number of hydrogen-bond donors (Lipinski definition) is 2. The Bertz CT molecular complexity index is 1540. The number of carbonyl (C=O) groups is 2. The highest BCUT2D eigenvalue weighted by Gasteiger charge is 2.14. The van der Waals surface area contributed by atoms with Crippen LogP contribution in [0.3, 0.4) is 0 Å². The monoisotopic (exact) mass is 465 g/mol. The Morgan fingerprint density at radius 1 is 0.971 bits per heavy atom. The number of benzene rings is 2. The van der Waals surface area contributed by atoms with Crippen LogP contribution in [0.4, 0.5) is 11.5 Å². The quantitative estimate of drug-likeness (QED) is 0.392. The second-order valence-corrected chi connectivity index (χ2v) is 8.22.